The van der Waals surface area contributed by atoms with Crippen LogP contribution in [0.3, 0.4) is 0 Å². The molecule has 3 aromatic rings. The number of aliphatic hydroxyl groups excluding tert-OH is 1. The van der Waals surface area contributed by atoms with E-state index in [1.807, 2.05) is 11.0 Å². The average molecular weight is 790 g/mol. The summed E-state index contributed by atoms with van der Waals surface area (Å²) < 4.78 is 29.3. The van der Waals surface area contributed by atoms with Crippen molar-refractivity contribution in [3.8, 4) is 0 Å². The molecule has 18 nitrogen and oxygen atoms in total. The number of hydrogen-bond acceptors (Lipinski definition) is 14. The van der Waals surface area contributed by atoms with E-state index in [1.165, 1.54) is 18.3 Å². The molecule has 5 heterocycles. The number of hydrogen-bond donors (Lipinski definition) is 5. The van der Waals surface area contributed by atoms with E-state index in [-0.39, 0.29) is 47.8 Å². The lowest BCUT2D eigenvalue weighted by Gasteiger charge is -2.35. The molecule has 19 heteroatoms. The van der Waals surface area contributed by atoms with E-state index in [0.717, 1.165) is 42.5 Å². The van der Waals surface area contributed by atoms with Crippen LogP contribution in [0, 0.1) is 5.92 Å². The van der Waals surface area contributed by atoms with Gasteiger partial charge in [0.15, 0.2) is 27.6 Å². The van der Waals surface area contributed by atoms with Gasteiger partial charge in [0.05, 0.1) is 17.7 Å². The minimum Gasteiger partial charge on any atom is -0.449 e. The molecule has 6 N–H and O–H groups in total. The molecular weight excluding hydrogens is 747 g/mol. The highest BCUT2D eigenvalue weighted by atomic mass is 32.2. The van der Waals surface area contributed by atoms with Crippen LogP contribution in [0.15, 0.2) is 53.6 Å². The molecule has 5 amide bonds. The van der Waals surface area contributed by atoms with Crippen molar-refractivity contribution >= 4 is 62.6 Å². The van der Waals surface area contributed by atoms with Gasteiger partial charge in [-0.15, -0.1) is 0 Å². The summed E-state index contributed by atoms with van der Waals surface area (Å²) in [5.41, 5.74) is 7.54. The first-order chi connectivity index (χ1) is 26.7. The molecule has 3 atom stereocenters. The molecule has 3 unspecified atom stereocenters. The largest absolute Gasteiger partial charge is 0.449 e. The number of alkyl carbamates (subject to hydrolysis) is 1. The smallest absolute Gasteiger partial charge is 0.407 e. The first-order valence-corrected chi connectivity index (χ1v) is 20.3. The van der Waals surface area contributed by atoms with E-state index >= 15 is 0 Å². The maximum Gasteiger partial charge on any atom is 0.407 e. The van der Waals surface area contributed by atoms with Crippen molar-refractivity contribution in [1.82, 2.24) is 25.5 Å². The van der Waals surface area contributed by atoms with E-state index in [0.29, 0.717) is 48.8 Å². The number of aliphatic hydroxyl groups is 1. The van der Waals surface area contributed by atoms with E-state index in [1.54, 1.807) is 24.3 Å². The fourth-order valence-corrected chi connectivity index (χ4v) is 8.23. The maximum atomic E-state index is 13.1. The molecule has 0 aliphatic carbocycles. The van der Waals surface area contributed by atoms with Crippen LogP contribution in [0.5, 0.6) is 0 Å². The third-order valence-corrected chi connectivity index (χ3v) is 11.8. The molecular formula is C37H43N9O9S. The zero-order chi connectivity index (χ0) is 39.7. The minimum atomic E-state index is -3.39. The van der Waals surface area contributed by atoms with Gasteiger partial charge >= 0.3 is 6.09 Å². The molecule has 0 bridgehead atoms. The second-order valence-electron chi connectivity index (χ2n) is 14.5. The number of rotatable bonds is 10. The Balaban J connectivity index is 0.894. The monoisotopic (exact) mass is 789 g/mol. The lowest BCUT2D eigenvalue weighted by atomic mass is 9.97. The third-order valence-electron chi connectivity index (χ3n) is 10.6. The molecule has 4 aliphatic heterocycles. The molecule has 0 spiro atoms. The van der Waals surface area contributed by atoms with E-state index in [9.17, 15) is 37.5 Å². The number of imide groups is 1. The van der Waals surface area contributed by atoms with Crippen LogP contribution < -0.4 is 31.5 Å². The highest BCUT2D eigenvalue weighted by molar-refractivity contribution is 7.90. The summed E-state index contributed by atoms with van der Waals surface area (Å²) in [6.45, 7) is 2.65. The number of aromatic nitrogens is 2. The van der Waals surface area contributed by atoms with Crippen LogP contribution in [0.4, 0.5) is 27.8 Å². The predicted molar refractivity (Wildman–Crippen MR) is 202 cm³/mol. The Morgan fingerprint density at radius 2 is 1.77 bits per heavy atom. The van der Waals surface area contributed by atoms with Crippen molar-refractivity contribution in [3.05, 3.63) is 65.5 Å². The molecule has 7 rings (SSSR count). The van der Waals surface area contributed by atoms with Crippen molar-refractivity contribution in [2.75, 3.05) is 54.2 Å². The number of ether oxygens (including phenoxy) is 1. The van der Waals surface area contributed by atoms with Crippen LogP contribution in [-0.4, -0.2) is 109 Å². The van der Waals surface area contributed by atoms with Crippen LogP contribution in [0.2, 0.25) is 0 Å². The molecule has 3 fully saturated rings. The van der Waals surface area contributed by atoms with Gasteiger partial charge in [-0.3, -0.25) is 29.4 Å². The number of piperidine rings is 3. The summed E-state index contributed by atoms with van der Waals surface area (Å²) in [5, 5.41) is 19.3. The van der Waals surface area contributed by atoms with E-state index in [4.69, 9.17) is 10.5 Å². The predicted octanol–water partition coefficient (Wildman–Crippen LogP) is 1.59. The molecule has 2 aromatic carbocycles. The number of primary amides is 1. The third kappa shape index (κ3) is 8.23. The van der Waals surface area contributed by atoms with Crippen LogP contribution >= 0.6 is 0 Å². The van der Waals surface area contributed by atoms with Crippen molar-refractivity contribution in [3.63, 3.8) is 0 Å². The van der Waals surface area contributed by atoms with Gasteiger partial charge in [0.2, 0.25) is 11.8 Å². The Kier molecular flexibility index (Phi) is 10.8. The Morgan fingerprint density at radius 3 is 2.46 bits per heavy atom. The summed E-state index contributed by atoms with van der Waals surface area (Å²) in [5.74, 6) is -1.51. The van der Waals surface area contributed by atoms with Crippen molar-refractivity contribution in [1.29, 1.82) is 0 Å². The lowest BCUT2D eigenvalue weighted by molar-refractivity contribution is -0.139. The number of fused-ring (bicyclic) bond motifs is 1. The second-order valence-corrected chi connectivity index (χ2v) is 16.5. The number of sulfone groups is 1. The zero-order valence-corrected chi connectivity index (χ0v) is 31.5. The second kappa shape index (κ2) is 15.7. The molecule has 296 valence electrons. The van der Waals surface area contributed by atoms with Gasteiger partial charge in [-0.1, -0.05) is 0 Å². The Labute approximate surface area is 322 Å². The highest BCUT2D eigenvalue weighted by Gasteiger charge is 2.44. The average Bonchev–Trinajstić information content (AvgIpc) is 3.42. The SMILES string of the molecule is CS(=O)(=O)c1ccc(Nc2nc(N3CCCC(NC(=O)OCC4CCN(c5ccc6c(c5)C(O)N(C5CCC(=O)NC5=O)C6=O)CC4)C3)cnc2C(N)=O)cc1. The molecule has 0 saturated carbocycles. The van der Waals surface area contributed by atoms with Crippen LogP contribution in [0.1, 0.15) is 71.2 Å². The molecule has 1 aromatic heterocycles. The van der Waals surface area contributed by atoms with Gasteiger partial charge < -0.3 is 36.0 Å². The topological polar surface area (TPSA) is 247 Å². The van der Waals surface area contributed by atoms with Crippen LogP contribution in [0.25, 0.3) is 0 Å². The summed E-state index contributed by atoms with van der Waals surface area (Å²) in [4.78, 5) is 76.4. The maximum absolute atomic E-state index is 13.1. The number of benzene rings is 2. The number of amides is 5. The number of carbonyl (C=O) groups is 5. The van der Waals surface area contributed by atoms with Crippen molar-refractivity contribution in [2.45, 2.75) is 61.7 Å². The summed E-state index contributed by atoms with van der Waals surface area (Å²) in [6.07, 6.45) is 3.97. The first-order valence-electron chi connectivity index (χ1n) is 18.4. The van der Waals surface area contributed by atoms with E-state index < -0.39 is 51.8 Å². The number of carbonyl (C=O) groups excluding carboxylic acids is 5. The first kappa shape index (κ1) is 38.5. The molecule has 0 radical (unpaired) electrons. The molecule has 4 aliphatic rings. The van der Waals surface area contributed by atoms with Gasteiger partial charge in [-0.05, 0) is 80.5 Å². The van der Waals surface area contributed by atoms with Gasteiger partial charge in [0, 0.05) is 67.4 Å². The molecule has 56 heavy (non-hydrogen) atoms. The van der Waals surface area contributed by atoms with Crippen molar-refractivity contribution in [2.24, 2.45) is 11.7 Å². The standard InChI is InChI=1S/C37H43N9O9S/c1-56(53,54)25-7-4-22(5-8-25)40-33-31(32(38)48)39-18-29(42-33)45-14-2-3-23(19-45)41-37(52)55-20-21-12-15-44(16-13-21)24-6-9-26-27(17-24)36(51)46(35(26)50)28-10-11-30(47)43-34(28)49/h4-9,17-18,21,23,28,36,51H,2-3,10-16,19-20H2,1H3,(H2,38,48)(H,40,42)(H,41,52)(H,43,47,49). The van der Waals surface area contributed by atoms with Gasteiger partial charge in [-0.2, -0.15) is 0 Å². The fraction of sp³-hybridized carbons (Fsp3) is 0.432. The fourth-order valence-electron chi connectivity index (χ4n) is 7.60. The lowest BCUT2D eigenvalue weighted by Crippen LogP contribution is -2.53. The number of nitrogens with zero attached hydrogens (tertiary/aromatic N) is 5. The quantitative estimate of drug-likeness (QED) is 0.183. The number of nitrogens with two attached hydrogens (primary N) is 1. The summed E-state index contributed by atoms with van der Waals surface area (Å²) in [7, 11) is -3.39. The number of nitrogens with one attached hydrogen (secondary N) is 3. The van der Waals surface area contributed by atoms with Gasteiger partial charge in [0.1, 0.15) is 11.9 Å². The Morgan fingerprint density at radius 1 is 1.02 bits per heavy atom. The van der Waals surface area contributed by atoms with Crippen LogP contribution in [-0.2, 0) is 24.2 Å². The van der Waals surface area contributed by atoms with Gasteiger partial charge in [0.25, 0.3) is 11.8 Å². The Bertz CT molecular complexity index is 2160. The number of anilines is 4. The highest BCUT2D eigenvalue weighted by Crippen LogP contribution is 2.38. The van der Waals surface area contributed by atoms with Crippen molar-refractivity contribution < 1.29 is 42.2 Å². The van der Waals surface area contributed by atoms with E-state index in [2.05, 4.69) is 30.8 Å². The summed E-state index contributed by atoms with van der Waals surface area (Å²) in [6, 6.07) is 10.1. The normalized spacial score (nSPS) is 21.7. The Hall–Kier alpha value is -5.82. The minimum absolute atomic E-state index is 0.0806. The molecule has 3 saturated heterocycles. The van der Waals surface area contributed by atoms with Gasteiger partial charge in [-0.25, -0.2) is 23.2 Å². The summed E-state index contributed by atoms with van der Waals surface area (Å²) >= 11 is 0. The zero-order valence-electron chi connectivity index (χ0n) is 30.6.